The molecule has 4 nitrogen and oxygen atoms in total. The van der Waals surface area contributed by atoms with Gasteiger partial charge in [0.1, 0.15) is 0 Å². The molecule has 0 aromatic heterocycles. The fourth-order valence-electron chi connectivity index (χ4n) is 2.01. The molecule has 2 N–H and O–H groups in total. The van der Waals surface area contributed by atoms with Gasteiger partial charge in [0.15, 0.2) is 0 Å². The number of hydrogen-bond acceptors (Lipinski definition) is 3. The van der Waals surface area contributed by atoms with E-state index in [1.54, 1.807) is 7.05 Å². The molecule has 1 amide bonds. The monoisotopic (exact) mass is 355 g/mol. The van der Waals surface area contributed by atoms with Gasteiger partial charge in [-0.3, -0.25) is 4.79 Å². The molecule has 0 spiro atoms. The van der Waals surface area contributed by atoms with Gasteiger partial charge in [0.05, 0.1) is 6.54 Å². The standard InChI is InChI=1S/C16H26BrN3O/c1-5-8-20(11-16(21)18-4)14-7-6-13(15(17)9-14)10-19-12(2)3/h6-7,9,12,19H,5,8,10-11H2,1-4H3,(H,18,21). The van der Waals surface area contributed by atoms with Gasteiger partial charge in [-0.15, -0.1) is 0 Å². The summed E-state index contributed by atoms with van der Waals surface area (Å²) in [4.78, 5) is 13.7. The molecule has 0 atom stereocenters. The van der Waals surface area contributed by atoms with Gasteiger partial charge in [0.2, 0.25) is 5.91 Å². The second-order valence-corrected chi connectivity index (χ2v) is 6.26. The van der Waals surface area contributed by atoms with Crippen LogP contribution in [0.1, 0.15) is 32.8 Å². The van der Waals surface area contributed by atoms with Crippen LogP contribution in [0.3, 0.4) is 0 Å². The van der Waals surface area contributed by atoms with Gasteiger partial charge >= 0.3 is 0 Å². The molecular weight excluding hydrogens is 330 g/mol. The minimum Gasteiger partial charge on any atom is -0.362 e. The van der Waals surface area contributed by atoms with Gasteiger partial charge in [-0.1, -0.05) is 42.8 Å². The van der Waals surface area contributed by atoms with Crippen LogP contribution in [-0.2, 0) is 11.3 Å². The van der Waals surface area contributed by atoms with Gasteiger partial charge in [0, 0.05) is 36.3 Å². The number of hydrogen-bond donors (Lipinski definition) is 2. The largest absolute Gasteiger partial charge is 0.362 e. The molecule has 0 unspecified atom stereocenters. The number of carbonyl (C=O) groups excluding carboxylic acids is 1. The van der Waals surface area contributed by atoms with Crippen LogP contribution in [0.4, 0.5) is 5.69 Å². The molecule has 1 aromatic carbocycles. The van der Waals surface area contributed by atoms with Crippen LogP contribution >= 0.6 is 15.9 Å². The number of benzene rings is 1. The van der Waals surface area contributed by atoms with Crippen molar-refractivity contribution in [3.05, 3.63) is 28.2 Å². The highest BCUT2D eigenvalue weighted by Gasteiger charge is 2.11. The SMILES string of the molecule is CCCN(CC(=O)NC)c1ccc(CNC(C)C)c(Br)c1. The first-order valence-corrected chi connectivity index (χ1v) is 8.24. The first kappa shape index (κ1) is 18.0. The molecule has 0 heterocycles. The lowest BCUT2D eigenvalue weighted by atomic mass is 10.1. The molecule has 1 aromatic rings. The Labute approximate surface area is 136 Å². The fourth-order valence-corrected chi connectivity index (χ4v) is 2.52. The average Bonchev–Trinajstić information content (AvgIpc) is 2.45. The summed E-state index contributed by atoms with van der Waals surface area (Å²) < 4.78 is 1.08. The van der Waals surface area contributed by atoms with Crippen molar-refractivity contribution < 1.29 is 4.79 Å². The highest BCUT2D eigenvalue weighted by molar-refractivity contribution is 9.10. The van der Waals surface area contributed by atoms with Crippen molar-refractivity contribution in [1.29, 1.82) is 0 Å². The Kier molecular flexibility index (Phi) is 7.75. The quantitative estimate of drug-likeness (QED) is 0.753. The van der Waals surface area contributed by atoms with Gasteiger partial charge in [-0.25, -0.2) is 0 Å². The van der Waals surface area contributed by atoms with Crippen LogP contribution in [0.25, 0.3) is 0 Å². The molecule has 0 fully saturated rings. The van der Waals surface area contributed by atoms with E-state index in [9.17, 15) is 4.79 Å². The molecule has 0 saturated heterocycles. The predicted octanol–water partition coefficient (Wildman–Crippen LogP) is 2.91. The summed E-state index contributed by atoms with van der Waals surface area (Å²) in [5.74, 6) is 0.0325. The molecule has 118 valence electrons. The molecule has 0 aliphatic heterocycles. The highest BCUT2D eigenvalue weighted by atomic mass is 79.9. The van der Waals surface area contributed by atoms with Crippen molar-refractivity contribution in [2.75, 3.05) is 25.0 Å². The Morgan fingerprint density at radius 3 is 2.62 bits per heavy atom. The molecule has 21 heavy (non-hydrogen) atoms. The van der Waals surface area contributed by atoms with E-state index in [0.717, 1.165) is 29.7 Å². The summed E-state index contributed by atoms with van der Waals surface area (Å²) in [5, 5.41) is 6.09. The number of likely N-dealkylation sites (N-methyl/N-ethyl adjacent to an activating group) is 1. The van der Waals surface area contributed by atoms with Crippen LogP contribution in [0.2, 0.25) is 0 Å². The minimum absolute atomic E-state index is 0.0325. The first-order valence-electron chi connectivity index (χ1n) is 7.45. The topological polar surface area (TPSA) is 44.4 Å². The number of amides is 1. The van der Waals surface area contributed by atoms with E-state index in [1.807, 2.05) is 0 Å². The number of carbonyl (C=O) groups is 1. The van der Waals surface area contributed by atoms with Crippen LogP contribution in [0, 0.1) is 0 Å². The number of nitrogens with one attached hydrogen (secondary N) is 2. The normalized spacial score (nSPS) is 10.8. The molecule has 0 radical (unpaired) electrons. The summed E-state index contributed by atoms with van der Waals surface area (Å²) in [6, 6.07) is 6.75. The first-order chi connectivity index (χ1) is 9.97. The van der Waals surface area contributed by atoms with E-state index < -0.39 is 0 Å². The molecule has 0 aliphatic rings. The van der Waals surface area contributed by atoms with E-state index >= 15 is 0 Å². The van der Waals surface area contributed by atoms with Gasteiger partial charge < -0.3 is 15.5 Å². The lowest BCUT2D eigenvalue weighted by Gasteiger charge is -2.24. The number of halogens is 1. The van der Waals surface area contributed by atoms with E-state index in [0.29, 0.717) is 12.6 Å². The van der Waals surface area contributed by atoms with E-state index in [-0.39, 0.29) is 5.91 Å². The van der Waals surface area contributed by atoms with Crippen molar-refractivity contribution in [1.82, 2.24) is 10.6 Å². The van der Waals surface area contributed by atoms with E-state index in [4.69, 9.17) is 0 Å². The highest BCUT2D eigenvalue weighted by Crippen LogP contribution is 2.24. The molecule has 1 rings (SSSR count). The van der Waals surface area contributed by atoms with Crippen LogP contribution < -0.4 is 15.5 Å². The average molecular weight is 356 g/mol. The second-order valence-electron chi connectivity index (χ2n) is 5.41. The third-order valence-electron chi connectivity index (χ3n) is 3.21. The Bertz CT molecular complexity index is 463. The zero-order chi connectivity index (χ0) is 15.8. The van der Waals surface area contributed by atoms with E-state index in [1.165, 1.54) is 5.56 Å². The summed E-state index contributed by atoms with van der Waals surface area (Å²) in [6.45, 7) is 8.47. The van der Waals surface area contributed by atoms with Gasteiger partial charge in [-0.05, 0) is 24.1 Å². The minimum atomic E-state index is 0.0325. The van der Waals surface area contributed by atoms with Crippen LogP contribution in [0.5, 0.6) is 0 Å². The van der Waals surface area contributed by atoms with Gasteiger partial charge in [0.25, 0.3) is 0 Å². The van der Waals surface area contributed by atoms with Crippen molar-refractivity contribution in [3.63, 3.8) is 0 Å². The Hall–Kier alpha value is -1.07. The zero-order valence-electron chi connectivity index (χ0n) is 13.4. The number of anilines is 1. The Morgan fingerprint density at radius 1 is 1.38 bits per heavy atom. The van der Waals surface area contributed by atoms with Crippen molar-refractivity contribution in [3.8, 4) is 0 Å². The van der Waals surface area contributed by atoms with Crippen molar-refractivity contribution in [2.24, 2.45) is 0 Å². The molecule has 0 bridgehead atoms. The summed E-state index contributed by atoms with van der Waals surface area (Å²) >= 11 is 3.63. The Balaban J connectivity index is 2.84. The molecular formula is C16H26BrN3O. The molecule has 0 aliphatic carbocycles. The zero-order valence-corrected chi connectivity index (χ0v) is 15.0. The van der Waals surface area contributed by atoms with Gasteiger partial charge in [-0.2, -0.15) is 0 Å². The maximum absolute atomic E-state index is 11.6. The number of rotatable bonds is 8. The smallest absolute Gasteiger partial charge is 0.239 e. The lowest BCUT2D eigenvalue weighted by Crippen LogP contribution is -2.36. The fraction of sp³-hybridized carbons (Fsp3) is 0.562. The molecule has 0 saturated carbocycles. The van der Waals surface area contributed by atoms with Crippen molar-refractivity contribution in [2.45, 2.75) is 39.8 Å². The molecule has 5 heteroatoms. The third kappa shape index (κ3) is 6.06. The predicted molar refractivity (Wildman–Crippen MR) is 92.7 cm³/mol. The van der Waals surface area contributed by atoms with Crippen LogP contribution in [-0.4, -0.2) is 32.1 Å². The maximum Gasteiger partial charge on any atom is 0.239 e. The van der Waals surface area contributed by atoms with Crippen LogP contribution in [0.15, 0.2) is 22.7 Å². The Morgan fingerprint density at radius 2 is 2.10 bits per heavy atom. The maximum atomic E-state index is 11.6. The third-order valence-corrected chi connectivity index (χ3v) is 3.95. The van der Waals surface area contributed by atoms with E-state index in [2.05, 4.69) is 70.4 Å². The summed E-state index contributed by atoms with van der Waals surface area (Å²) in [6.07, 6.45) is 1.01. The second kappa shape index (κ2) is 9.05. The van der Waals surface area contributed by atoms with Crippen molar-refractivity contribution >= 4 is 27.5 Å². The lowest BCUT2D eigenvalue weighted by molar-refractivity contribution is -0.119. The summed E-state index contributed by atoms with van der Waals surface area (Å²) in [5.41, 5.74) is 2.30. The number of nitrogens with zero attached hydrogens (tertiary/aromatic N) is 1. The summed E-state index contributed by atoms with van der Waals surface area (Å²) in [7, 11) is 1.67.